The molecule has 0 aromatic carbocycles. The summed E-state index contributed by atoms with van der Waals surface area (Å²) in [5, 5.41) is 0.486. The number of halogens is 2. The van der Waals surface area contributed by atoms with Gasteiger partial charge in [0.2, 0.25) is 0 Å². The zero-order chi connectivity index (χ0) is 10.3. The van der Waals surface area contributed by atoms with Gasteiger partial charge in [-0.05, 0) is 40.5 Å². The van der Waals surface area contributed by atoms with Crippen molar-refractivity contribution in [1.29, 1.82) is 0 Å². The van der Waals surface area contributed by atoms with Gasteiger partial charge in [-0.15, -0.1) is 0 Å². The fraction of sp³-hybridized carbons (Fsp3) is 0.500. The molecular formula is C10H11ClINO. The third-order valence-corrected chi connectivity index (χ3v) is 3.41. The molecule has 0 saturated heterocycles. The highest BCUT2D eigenvalue weighted by Gasteiger charge is 2.31. The van der Waals surface area contributed by atoms with E-state index in [9.17, 15) is 0 Å². The summed E-state index contributed by atoms with van der Waals surface area (Å²) in [6.45, 7) is 5.14. The minimum absolute atomic E-state index is 0.139. The van der Waals surface area contributed by atoms with Gasteiger partial charge in [0, 0.05) is 5.56 Å². The van der Waals surface area contributed by atoms with Crippen LogP contribution in [0.15, 0.2) is 6.07 Å². The summed E-state index contributed by atoms with van der Waals surface area (Å²) in [5.74, 6) is 0.767. The molecule has 0 amide bonds. The van der Waals surface area contributed by atoms with Crippen LogP contribution in [0.25, 0.3) is 0 Å². The summed E-state index contributed by atoms with van der Waals surface area (Å²) in [6, 6.07) is 2.06. The molecule has 0 bridgehead atoms. The molecule has 0 atom stereocenters. The number of hydrogen-bond donors (Lipinski definition) is 0. The van der Waals surface area contributed by atoms with Gasteiger partial charge in [0.25, 0.3) is 0 Å². The van der Waals surface area contributed by atoms with Gasteiger partial charge in [-0.3, -0.25) is 0 Å². The van der Waals surface area contributed by atoms with Crippen LogP contribution in [0, 0.1) is 3.70 Å². The van der Waals surface area contributed by atoms with E-state index in [2.05, 4.69) is 47.5 Å². The smallest absolute Gasteiger partial charge is 0.172 e. The van der Waals surface area contributed by atoms with E-state index in [1.807, 2.05) is 0 Å². The average Bonchev–Trinajstić information content (AvgIpc) is 2.06. The number of fused-ring (bicyclic) bond motifs is 1. The Bertz CT molecular complexity index is 379. The highest BCUT2D eigenvalue weighted by molar-refractivity contribution is 14.1. The summed E-state index contributed by atoms with van der Waals surface area (Å²) in [6.07, 6.45) is 1.02. The summed E-state index contributed by atoms with van der Waals surface area (Å²) in [7, 11) is 0. The highest BCUT2D eigenvalue weighted by Crippen LogP contribution is 2.41. The second-order valence-corrected chi connectivity index (χ2v) is 5.56. The molecule has 1 aliphatic heterocycles. The lowest BCUT2D eigenvalue weighted by Crippen LogP contribution is -2.27. The van der Waals surface area contributed by atoms with Crippen molar-refractivity contribution in [2.24, 2.45) is 0 Å². The summed E-state index contributed by atoms with van der Waals surface area (Å²) < 4.78 is 6.47. The van der Waals surface area contributed by atoms with Crippen LogP contribution in [0.3, 0.4) is 0 Å². The van der Waals surface area contributed by atoms with Gasteiger partial charge in [0.1, 0.15) is 3.70 Å². The van der Waals surface area contributed by atoms with Crippen molar-refractivity contribution in [2.45, 2.75) is 25.7 Å². The molecular weight excluding hydrogens is 312 g/mol. The molecule has 1 aromatic rings. The van der Waals surface area contributed by atoms with Crippen molar-refractivity contribution in [2.75, 3.05) is 6.61 Å². The summed E-state index contributed by atoms with van der Waals surface area (Å²) in [4.78, 5) is 4.18. The maximum absolute atomic E-state index is 6.03. The van der Waals surface area contributed by atoms with Crippen LogP contribution in [-0.2, 0) is 5.41 Å². The fourth-order valence-corrected chi connectivity index (χ4v) is 2.60. The van der Waals surface area contributed by atoms with Crippen molar-refractivity contribution in [3.8, 4) is 5.75 Å². The minimum Gasteiger partial charge on any atom is -0.490 e. The molecule has 0 unspecified atom stereocenters. The number of pyridine rings is 1. The fourth-order valence-electron chi connectivity index (χ4n) is 1.66. The number of nitrogens with zero attached hydrogens (tertiary/aromatic N) is 1. The Morgan fingerprint density at radius 3 is 3.00 bits per heavy atom. The zero-order valence-corrected chi connectivity index (χ0v) is 11.0. The van der Waals surface area contributed by atoms with Gasteiger partial charge >= 0.3 is 0 Å². The van der Waals surface area contributed by atoms with Gasteiger partial charge in [-0.25, -0.2) is 4.98 Å². The third-order valence-electron chi connectivity index (χ3n) is 2.60. The number of hydrogen-bond acceptors (Lipinski definition) is 2. The van der Waals surface area contributed by atoms with E-state index in [4.69, 9.17) is 16.3 Å². The molecule has 0 aliphatic carbocycles. The normalized spacial score (nSPS) is 18.6. The number of ether oxygens (including phenoxy) is 1. The molecule has 0 spiro atoms. The molecule has 1 aromatic heterocycles. The zero-order valence-electron chi connectivity index (χ0n) is 8.10. The predicted octanol–water partition coefficient (Wildman–Crippen LogP) is 3.40. The molecule has 4 heteroatoms. The lowest BCUT2D eigenvalue weighted by molar-refractivity contribution is 0.233. The van der Waals surface area contributed by atoms with Crippen molar-refractivity contribution < 1.29 is 4.74 Å². The van der Waals surface area contributed by atoms with E-state index in [0.29, 0.717) is 5.15 Å². The van der Waals surface area contributed by atoms with Crippen LogP contribution in [0.1, 0.15) is 25.8 Å². The summed E-state index contributed by atoms with van der Waals surface area (Å²) >= 11 is 8.21. The molecule has 0 fully saturated rings. The van der Waals surface area contributed by atoms with Gasteiger partial charge < -0.3 is 4.74 Å². The first kappa shape index (κ1) is 10.5. The molecule has 0 N–H and O–H groups in total. The van der Waals surface area contributed by atoms with Crippen LogP contribution >= 0.6 is 34.2 Å². The van der Waals surface area contributed by atoms with Crippen molar-refractivity contribution >= 4 is 34.2 Å². The standard InChI is InChI=1S/C10H11ClINO/c1-10(2)3-4-14-8-6(10)5-7(12)13-9(8)11/h5H,3-4H2,1-2H3. The quantitative estimate of drug-likeness (QED) is 0.539. The molecule has 1 aliphatic rings. The average molecular weight is 324 g/mol. The SMILES string of the molecule is CC1(C)CCOc2c1cc(I)nc2Cl. The lowest BCUT2D eigenvalue weighted by atomic mass is 9.80. The summed E-state index contributed by atoms with van der Waals surface area (Å²) in [5.41, 5.74) is 1.31. The van der Waals surface area contributed by atoms with Gasteiger partial charge in [-0.2, -0.15) is 0 Å². The lowest BCUT2D eigenvalue weighted by Gasteiger charge is -2.32. The van der Waals surface area contributed by atoms with Crippen LogP contribution in [-0.4, -0.2) is 11.6 Å². The van der Waals surface area contributed by atoms with E-state index < -0.39 is 0 Å². The predicted molar refractivity (Wildman–Crippen MR) is 65.1 cm³/mol. The van der Waals surface area contributed by atoms with Crippen LogP contribution in [0.4, 0.5) is 0 Å². The largest absolute Gasteiger partial charge is 0.490 e. The Morgan fingerprint density at radius 1 is 1.57 bits per heavy atom. The molecule has 0 radical (unpaired) electrons. The van der Waals surface area contributed by atoms with Gasteiger partial charge in [-0.1, -0.05) is 25.4 Å². The van der Waals surface area contributed by atoms with Crippen molar-refractivity contribution in [3.05, 3.63) is 20.5 Å². The first-order valence-corrected chi connectivity index (χ1v) is 5.96. The van der Waals surface area contributed by atoms with Crippen LogP contribution < -0.4 is 4.74 Å². The molecule has 0 saturated carbocycles. The first-order valence-electron chi connectivity index (χ1n) is 4.50. The Balaban J connectivity index is 2.63. The topological polar surface area (TPSA) is 22.1 Å². The Hall–Kier alpha value is -0.0300. The van der Waals surface area contributed by atoms with Gasteiger partial charge in [0.15, 0.2) is 10.9 Å². The molecule has 2 nitrogen and oxygen atoms in total. The van der Waals surface area contributed by atoms with Crippen LogP contribution in [0.2, 0.25) is 5.15 Å². The molecule has 2 rings (SSSR count). The van der Waals surface area contributed by atoms with E-state index in [0.717, 1.165) is 22.5 Å². The number of rotatable bonds is 0. The molecule has 14 heavy (non-hydrogen) atoms. The molecule has 76 valence electrons. The maximum Gasteiger partial charge on any atom is 0.172 e. The Morgan fingerprint density at radius 2 is 2.29 bits per heavy atom. The second kappa shape index (κ2) is 3.52. The monoisotopic (exact) mass is 323 g/mol. The van der Waals surface area contributed by atoms with Crippen molar-refractivity contribution in [3.63, 3.8) is 0 Å². The van der Waals surface area contributed by atoms with Gasteiger partial charge in [0.05, 0.1) is 6.61 Å². The number of aromatic nitrogens is 1. The highest BCUT2D eigenvalue weighted by atomic mass is 127. The first-order chi connectivity index (χ1) is 6.50. The third kappa shape index (κ3) is 1.72. The minimum atomic E-state index is 0.139. The van der Waals surface area contributed by atoms with Crippen molar-refractivity contribution in [1.82, 2.24) is 4.98 Å². The Kier molecular flexibility index (Phi) is 2.64. The maximum atomic E-state index is 6.03. The van der Waals surface area contributed by atoms with Crippen LogP contribution in [0.5, 0.6) is 5.75 Å². The molecule has 2 heterocycles. The van der Waals surface area contributed by atoms with E-state index in [1.165, 1.54) is 5.56 Å². The second-order valence-electron chi connectivity index (χ2n) is 4.09. The van der Waals surface area contributed by atoms with E-state index in [-0.39, 0.29) is 5.41 Å². The van der Waals surface area contributed by atoms with E-state index in [1.54, 1.807) is 0 Å². The Labute approximate surface area is 102 Å². The van der Waals surface area contributed by atoms with E-state index >= 15 is 0 Å².